The van der Waals surface area contributed by atoms with E-state index >= 15 is 4.79 Å². The maximum atomic E-state index is 15.7. The van der Waals surface area contributed by atoms with Crippen LogP contribution in [-0.2, 0) is 41.4 Å². The van der Waals surface area contributed by atoms with Gasteiger partial charge in [0.05, 0.1) is 57.8 Å². The molecule has 1 spiro atoms. The van der Waals surface area contributed by atoms with Gasteiger partial charge in [-0.05, 0) is 83.3 Å². The fourth-order valence-corrected chi connectivity index (χ4v) is 11.4. The van der Waals surface area contributed by atoms with Crippen molar-refractivity contribution in [1.29, 1.82) is 0 Å². The van der Waals surface area contributed by atoms with Crippen molar-refractivity contribution in [3.05, 3.63) is 71.3 Å². The highest BCUT2D eigenvalue weighted by Crippen LogP contribution is 2.76. The highest BCUT2D eigenvalue weighted by molar-refractivity contribution is 6.74. The van der Waals surface area contributed by atoms with Crippen LogP contribution in [0.1, 0.15) is 72.4 Å². The van der Waals surface area contributed by atoms with Crippen molar-refractivity contribution < 1.29 is 42.8 Å². The molecule has 2 bridgehead atoms. The average Bonchev–Trinajstić information content (AvgIpc) is 3.45. The molecule has 3 fully saturated rings. The van der Waals surface area contributed by atoms with Crippen LogP contribution in [0.25, 0.3) is 0 Å². The number of methoxy groups -OCH3 is 2. The number of ketones is 1. The fraction of sp³-hybridized carbons (Fsp3) is 0.628. The summed E-state index contributed by atoms with van der Waals surface area (Å²) in [6.45, 7) is 20.0. The van der Waals surface area contributed by atoms with Crippen molar-refractivity contribution in [2.24, 2.45) is 34.5 Å². The lowest BCUT2D eigenvalue weighted by Crippen LogP contribution is -2.48. The molecule has 0 aliphatic heterocycles. The molecule has 4 aliphatic carbocycles. The van der Waals surface area contributed by atoms with Gasteiger partial charge in [-0.2, -0.15) is 0 Å². The molecular weight excluding hydrogens is 689 g/mol. The first kappa shape index (κ1) is 39.7. The summed E-state index contributed by atoms with van der Waals surface area (Å²) in [5, 5.41) is 12.2. The van der Waals surface area contributed by atoms with Gasteiger partial charge in [-0.25, -0.2) is 0 Å². The number of esters is 1. The van der Waals surface area contributed by atoms with Crippen molar-refractivity contribution in [3.8, 4) is 11.5 Å². The van der Waals surface area contributed by atoms with Gasteiger partial charge in [0.1, 0.15) is 23.4 Å². The Balaban J connectivity index is 1.42. The Morgan fingerprint density at radius 1 is 0.906 bits per heavy atom. The lowest BCUT2D eigenvalue weighted by Gasteiger charge is -2.44. The molecule has 2 aromatic carbocycles. The first-order valence-corrected chi connectivity index (χ1v) is 22.0. The van der Waals surface area contributed by atoms with Crippen LogP contribution in [-0.4, -0.2) is 69.9 Å². The molecule has 6 rings (SSSR count). The van der Waals surface area contributed by atoms with Crippen LogP contribution < -0.4 is 9.47 Å². The van der Waals surface area contributed by atoms with Gasteiger partial charge in [0.15, 0.2) is 8.32 Å². The van der Waals surface area contributed by atoms with E-state index in [-0.39, 0.29) is 41.3 Å². The third-order valence-electron chi connectivity index (χ3n) is 13.7. The van der Waals surface area contributed by atoms with E-state index in [0.717, 1.165) is 22.6 Å². The zero-order chi connectivity index (χ0) is 38.7. The van der Waals surface area contributed by atoms with Gasteiger partial charge in [-0.3, -0.25) is 9.59 Å². The molecule has 0 heterocycles. The molecule has 9 atom stereocenters. The van der Waals surface area contributed by atoms with E-state index in [1.165, 1.54) is 6.92 Å². The van der Waals surface area contributed by atoms with Crippen LogP contribution in [0.3, 0.4) is 0 Å². The molecule has 3 saturated carbocycles. The number of carbonyl (C=O) groups excluding carboxylic acids is 2. The Morgan fingerprint density at radius 3 is 2.00 bits per heavy atom. The number of aliphatic hydroxyl groups excluding tert-OH is 1. The highest BCUT2D eigenvalue weighted by atomic mass is 28.4. The summed E-state index contributed by atoms with van der Waals surface area (Å²) in [5.74, 6) is -0.530. The quantitative estimate of drug-likeness (QED) is 0.133. The average molecular weight is 749 g/mol. The predicted molar refractivity (Wildman–Crippen MR) is 205 cm³/mol. The molecule has 53 heavy (non-hydrogen) atoms. The molecule has 0 amide bonds. The summed E-state index contributed by atoms with van der Waals surface area (Å²) in [6.07, 6.45) is 0.623. The molecular formula is C43H60O9Si. The zero-order valence-corrected chi connectivity index (χ0v) is 34.5. The number of carbonyl (C=O) groups is 2. The van der Waals surface area contributed by atoms with Crippen molar-refractivity contribution in [2.45, 2.75) is 117 Å². The SMILES string of the molecule is COc1ccc(COCC2=C[C@@H]3[C@@H](O)C(OCc4ccc(OC)cc4)C[C@]34C(=O)[C@@H]([C@@H]2OC(C)=O)[C@@H]2C(C)(C)[C@]2(O[Si](C)(C)C(C)(C)C)C[C@H]4C)cc1. The molecule has 0 radical (unpaired) electrons. The number of benzene rings is 2. The van der Waals surface area contributed by atoms with Crippen molar-refractivity contribution in [2.75, 3.05) is 20.8 Å². The van der Waals surface area contributed by atoms with E-state index < -0.39 is 55.5 Å². The predicted octanol–water partition coefficient (Wildman–Crippen LogP) is 7.69. The molecule has 1 N–H and O–H groups in total. The van der Waals surface area contributed by atoms with Gasteiger partial charge < -0.3 is 33.2 Å². The first-order valence-electron chi connectivity index (χ1n) is 19.1. The lowest BCUT2D eigenvalue weighted by molar-refractivity contribution is -0.153. The molecule has 0 aromatic heterocycles. The number of fused-ring (bicyclic) bond motifs is 3. The van der Waals surface area contributed by atoms with Crippen LogP contribution in [0.5, 0.6) is 11.5 Å². The van der Waals surface area contributed by atoms with E-state index in [1.807, 2.05) is 54.6 Å². The second-order valence-corrected chi connectivity index (χ2v) is 22.7. The largest absolute Gasteiger partial charge is 0.497 e. The number of hydrogen-bond acceptors (Lipinski definition) is 9. The van der Waals surface area contributed by atoms with E-state index in [1.54, 1.807) is 14.2 Å². The van der Waals surface area contributed by atoms with E-state index in [9.17, 15) is 9.90 Å². The fourth-order valence-electron chi connectivity index (χ4n) is 9.76. The number of Topliss-reactive ketones (excluding diaryl/α,β-unsaturated/α-hetero) is 1. The van der Waals surface area contributed by atoms with Crippen molar-refractivity contribution in [3.63, 3.8) is 0 Å². The summed E-state index contributed by atoms with van der Waals surface area (Å²) in [5.41, 5.74) is 0.668. The Hall–Kier alpha value is -3.02. The monoisotopic (exact) mass is 748 g/mol. The molecule has 2 aromatic rings. The third-order valence-corrected chi connectivity index (χ3v) is 18.2. The maximum Gasteiger partial charge on any atom is 0.303 e. The minimum atomic E-state index is -2.35. The molecule has 4 aliphatic rings. The summed E-state index contributed by atoms with van der Waals surface area (Å²) in [7, 11) is 0.913. The van der Waals surface area contributed by atoms with Crippen molar-refractivity contribution >= 4 is 20.1 Å². The smallest absolute Gasteiger partial charge is 0.303 e. The summed E-state index contributed by atoms with van der Waals surface area (Å²) >= 11 is 0. The van der Waals surface area contributed by atoms with Gasteiger partial charge >= 0.3 is 5.97 Å². The van der Waals surface area contributed by atoms with Gasteiger partial charge in [0.25, 0.3) is 0 Å². The Morgan fingerprint density at radius 2 is 1.47 bits per heavy atom. The summed E-state index contributed by atoms with van der Waals surface area (Å²) < 4.78 is 37.3. The normalized spacial score (nSPS) is 33.2. The molecule has 0 saturated heterocycles. The minimum Gasteiger partial charge on any atom is -0.497 e. The molecule has 1 unspecified atom stereocenters. The Kier molecular flexibility index (Phi) is 10.7. The first-order chi connectivity index (χ1) is 24.8. The van der Waals surface area contributed by atoms with E-state index in [2.05, 4.69) is 54.6 Å². The van der Waals surface area contributed by atoms with E-state index in [4.69, 9.17) is 28.1 Å². The number of aliphatic hydroxyl groups is 1. The van der Waals surface area contributed by atoms with Crippen molar-refractivity contribution in [1.82, 2.24) is 0 Å². The molecule has 9 nitrogen and oxygen atoms in total. The standard InChI is InChI=1S/C43H60O9Si/c1-26-21-43(52-53(10,11)40(3,4)5)38(41(43,6)7)35-37(51-27(2)44)30(25-49-23-28-12-16-31(47-8)17-13-28)20-33-36(45)34(22-42(26,33)39(35)46)50-24-29-14-18-32(48-9)19-15-29/h12-20,26,33-38,45H,21-25H2,1-11H3/t26-,33-,34?,35+,36-,37-,38-,42-,43+/m1/s1. The highest BCUT2D eigenvalue weighted by Gasteiger charge is 2.82. The van der Waals surface area contributed by atoms with Gasteiger partial charge in [0, 0.05) is 24.2 Å². The topological polar surface area (TPSA) is 110 Å². The zero-order valence-electron chi connectivity index (χ0n) is 33.5. The maximum absolute atomic E-state index is 15.7. The van der Waals surface area contributed by atoms with Gasteiger partial charge in [-0.15, -0.1) is 0 Å². The number of ether oxygens (including phenoxy) is 5. The molecule has 290 valence electrons. The van der Waals surface area contributed by atoms with Gasteiger partial charge in [0.2, 0.25) is 0 Å². The van der Waals surface area contributed by atoms with Crippen LogP contribution >= 0.6 is 0 Å². The van der Waals surface area contributed by atoms with Crippen LogP contribution in [0.15, 0.2) is 60.2 Å². The molecule has 10 heteroatoms. The van der Waals surface area contributed by atoms with E-state index in [0.29, 0.717) is 25.0 Å². The second-order valence-electron chi connectivity index (χ2n) is 18.0. The lowest BCUT2D eigenvalue weighted by atomic mass is 9.62. The summed E-state index contributed by atoms with van der Waals surface area (Å²) in [6, 6.07) is 15.4. The summed E-state index contributed by atoms with van der Waals surface area (Å²) in [4.78, 5) is 28.7. The van der Waals surface area contributed by atoms with Crippen LogP contribution in [0.2, 0.25) is 18.1 Å². The minimum absolute atomic E-state index is 0.0357. The van der Waals surface area contributed by atoms with Crippen LogP contribution in [0.4, 0.5) is 0 Å². The Bertz CT molecular complexity index is 1690. The van der Waals surface area contributed by atoms with Gasteiger partial charge in [-0.1, -0.05) is 71.9 Å². The number of rotatable bonds is 12. The third kappa shape index (κ3) is 6.81. The Labute approximate surface area is 316 Å². The van der Waals surface area contributed by atoms with Crippen LogP contribution in [0, 0.1) is 34.5 Å². The number of hydrogen-bond donors (Lipinski definition) is 1. The second kappa shape index (κ2) is 14.2.